The quantitative estimate of drug-likeness (QED) is 0.769. The third kappa shape index (κ3) is 3.71. The minimum absolute atomic E-state index is 0.967. The molecule has 3 rings (SSSR count). The molecule has 1 aromatic carbocycles. The highest BCUT2D eigenvalue weighted by Crippen LogP contribution is 2.15. The molecule has 2 aromatic rings. The van der Waals surface area contributed by atoms with Crippen molar-refractivity contribution in [3.63, 3.8) is 0 Å². The van der Waals surface area contributed by atoms with Crippen molar-refractivity contribution in [3.05, 3.63) is 53.7 Å². The number of dihydropyridines is 1. The normalized spacial score (nSPS) is 17.5. The minimum atomic E-state index is 0.967. The maximum atomic E-state index is 4.19. The van der Waals surface area contributed by atoms with Gasteiger partial charge < -0.3 is 0 Å². The summed E-state index contributed by atoms with van der Waals surface area (Å²) in [5.74, 6) is 0. The van der Waals surface area contributed by atoms with E-state index in [1.54, 1.807) is 24.6 Å². The summed E-state index contributed by atoms with van der Waals surface area (Å²) in [4.78, 5) is 12.4. The van der Waals surface area contributed by atoms with Gasteiger partial charge in [-0.1, -0.05) is 25.1 Å². The predicted molar refractivity (Wildman–Crippen MR) is 89.0 cm³/mol. The van der Waals surface area contributed by atoms with Gasteiger partial charge in [0.1, 0.15) is 0 Å². The average molecular weight is 283 g/mol. The zero-order valence-corrected chi connectivity index (χ0v) is 12.5. The van der Waals surface area contributed by atoms with E-state index in [4.69, 9.17) is 0 Å². The summed E-state index contributed by atoms with van der Waals surface area (Å²) >= 11 is 1.68. The molecule has 0 bridgehead atoms. The van der Waals surface area contributed by atoms with E-state index >= 15 is 0 Å². The van der Waals surface area contributed by atoms with Crippen LogP contribution in [0.5, 0.6) is 0 Å². The Kier molecular flexibility index (Phi) is 5.38. The average Bonchev–Trinajstić information content (AvgIpc) is 2.97. The fourth-order valence-electron chi connectivity index (χ4n) is 1.75. The molecule has 102 valence electrons. The lowest BCUT2D eigenvalue weighted by Gasteiger charge is -2.03. The Bertz CT molecular complexity index is 648. The fourth-order valence-corrected chi connectivity index (χ4v) is 2.43. The third-order valence-electron chi connectivity index (χ3n) is 2.69. The summed E-state index contributed by atoms with van der Waals surface area (Å²) in [5.41, 5.74) is 4.92. The van der Waals surface area contributed by atoms with Gasteiger partial charge in [0.2, 0.25) is 0 Å². The van der Waals surface area contributed by atoms with E-state index < -0.39 is 0 Å². The van der Waals surface area contributed by atoms with Crippen LogP contribution in [0.25, 0.3) is 10.2 Å². The molecule has 20 heavy (non-hydrogen) atoms. The molecule has 0 spiro atoms. The molecule has 3 nitrogen and oxygen atoms in total. The molecule has 4 heteroatoms. The van der Waals surface area contributed by atoms with E-state index in [1.165, 1.54) is 4.70 Å². The Balaban J connectivity index is 0.000000149. The second-order valence-corrected chi connectivity index (χ2v) is 4.95. The highest BCUT2D eigenvalue weighted by molar-refractivity contribution is 7.16. The van der Waals surface area contributed by atoms with Gasteiger partial charge in [0.15, 0.2) is 0 Å². The zero-order chi connectivity index (χ0) is 14.2. The van der Waals surface area contributed by atoms with Gasteiger partial charge in [-0.25, -0.2) is 4.98 Å². The molecular formula is C16H17N3S. The van der Waals surface area contributed by atoms with Crippen molar-refractivity contribution >= 4 is 33.5 Å². The first-order valence-corrected chi connectivity index (χ1v) is 7.39. The summed E-state index contributed by atoms with van der Waals surface area (Å²) in [7, 11) is 1.78. The molecule has 1 aliphatic heterocycles. The highest BCUT2D eigenvalue weighted by atomic mass is 32.1. The van der Waals surface area contributed by atoms with E-state index in [1.807, 2.05) is 35.9 Å². The molecular weight excluding hydrogens is 266 g/mol. The monoisotopic (exact) mass is 283 g/mol. The lowest BCUT2D eigenvalue weighted by atomic mass is 10.2. The lowest BCUT2D eigenvalue weighted by molar-refractivity contribution is 1.19. The maximum absolute atomic E-state index is 4.19. The van der Waals surface area contributed by atoms with Gasteiger partial charge in [-0.3, -0.25) is 9.98 Å². The Morgan fingerprint density at radius 1 is 1.30 bits per heavy atom. The summed E-state index contributed by atoms with van der Waals surface area (Å²) in [6.07, 6.45) is 8.72. The van der Waals surface area contributed by atoms with Crippen molar-refractivity contribution < 1.29 is 0 Å². The van der Waals surface area contributed by atoms with Crippen LogP contribution in [0.1, 0.15) is 13.3 Å². The molecule has 0 aliphatic carbocycles. The van der Waals surface area contributed by atoms with Gasteiger partial charge in [-0.15, -0.1) is 11.3 Å². The van der Waals surface area contributed by atoms with Crippen molar-refractivity contribution in [2.75, 3.05) is 7.05 Å². The summed E-state index contributed by atoms with van der Waals surface area (Å²) in [6.45, 7) is 2.09. The molecule has 1 aromatic heterocycles. The first-order valence-electron chi connectivity index (χ1n) is 6.51. The zero-order valence-electron chi connectivity index (χ0n) is 11.7. The molecule has 0 atom stereocenters. The van der Waals surface area contributed by atoms with Crippen LogP contribution >= 0.6 is 11.3 Å². The Morgan fingerprint density at radius 3 is 2.90 bits per heavy atom. The molecule has 0 unspecified atom stereocenters. The Hall–Kier alpha value is -2.07. The van der Waals surface area contributed by atoms with E-state index in [0.717, 1.165) is 23.3 Å². The predicted octanol–water partition coefficient (Wildman–Crippen LogP) is 4.29. The molecule has 0 saturated heterocycles. The second kappa shape index (κ2) is 7.50. The van der Waals surface area contributed by atoms with E-state index in [0.29, 0.717) is 0 Å². The Labute approximate surface area is 123 Å². The summed E-state index contributed by atoms with van der Waals surface area (Å²) in [6, 6.07) is 8.13. The van der Waals surface area contributed by atoms with Crippen LogP contribution in [-0.2, 0) is 0 Å². The van der Waals surface area contributed by atoms with E-state index in [2.05, 4.69) is 34.0 Å². The standard InChI is InChI=1S/C9H12N2.C7H5NS/c1-3-5-9-8(10-2)6-4-7-11-9;1-2-4-7-6(3-1)8-5-9-7/h4-7H,3H2,1-2H3;1-5H/b9-5+,10-8?;. The number of thiazole rings is 1. The van der Waals surface area contributed by atoms with Crippen LogP contribution in [0.3, 0.4) is 0 Å². The van der Waals surface area contributed by atoms with Crippen LogP contribution in [-0.4, -0.2) is 24.0 Å². The third-order valence-corrected chi connectivity index (χ3v) is 3.50. The van der Waals surface area contributed by atoms with Crippen LogP contribution in [0.15, 0.2) is 63.7 Å². The topological polar surface area (TPSA) is 37.6 Å². The molecule has 0 fully saturated rings. The molecule has 0 amide bonds. The first-order chi connectivity index (χ1) is 9.85. The van der Waals surface area contributed by atoms with Crippen molar-refractivity contribution in [1.82, 2.24) is 4.98 Å². The van der Waals surface area contributed by atoms with Crippen molar-refractivity contribution in [2.45, 2.75) is 13.3 Å². The van der Waals surface area contributed by atoms with Gasteiger partial charge in [-0.2, -0.15) is 0 Å². The molecule has 0 radical (unpaired) electrons. The van der Waals surface area contributed by atoms with Gasteiger partial charge in [0.05, 0.1) is 27.1 Å². The largest absolute Gasteiger partial charge is 0.286 e. The SMILES string of the molecule is CC/C=C1/N=CC=CC1=NC.c1ccc2scnc2c1. The molecule has 1 aliphatic rings. The molecule has 2 heterocycles. The fraction of sp³-hybridized carbons (Fsp3) is 0.188. The van der Waals surface area contributed by atoms with Gasteiger partial charge in [0.25, 0.3) is 0 Å². The van der Waals surface area contributed by atoms with Gasteiger partial charge in [-0.05, 0) is 30.7 Å². The number of benzene rings is 1. The van der Waals surface area contributed by atoms with Crippen molar-refractivity contribution in [3.8, 4) is 0 Å². The van der Waals surface area contributed by atoms with Gasteiger partial charge in [0, 0.05) is 13.3 Å². The molecule has 0 saturated carbocycles. The number of fused-ring (bicyclic) bond motifs is 1. The number of allylic oxidation sites excluding steroid dienone is 3. The van der Waals surface area contributed by atoms with Crippen LogP contribution in [0, 0.1) is 0 Å². The number of hydrogen-bond donors (Lipinski definition) is 0. The summed E-state index contributed by atoms with van der Waals surface area (Å²) in [5, 5.41) is 0. The number of rotatable bonds is 1. The smallest absolute Gasteiger partial charge is 0.0841 e. The van der Waals surface area contributed by atoms with Crippen LogP contribution in [0.2, 0.25) is 0 Å². The lowest BCUT2D eigenvalue weighted by Crippen LogP contribution is -2.00. The summed E-state index contributed by atoms with van der Waals surface area (Å²) < 4.78 is 1.26. The number of hydrogen-bond acceptors (Lipinski definition) is 4. The molecule has 0 N–H and O–H groups in total. The minimum Gasteiger partial charge on any atom is -0.286 e. The van der Waals surface area contributed by atoms with Gasteiger partial charge >= 0.3 is 0 Å². The van der Waals surface area contributed by atoms with Crippen molar-refractivity contribution in [1.29, 1.82) is 0 Å². The number of para-hydroxylation sites is 1. The van der Waals surface area contributed by atoms with Crippen molar-refractivity contribution in [2.24, 2.45) is 9.98 Å². The second-order valence-electron chi connectivity index (χ2n) is 4.06. The number of aromatic nitrogens is 1. The maximum Gasteiger partial charge on any atom is 0.0841 e. The van der Waals surface area contributed by atoms with E-state index in [-0.39, 0.29) is 0 Å². The number of nitrogens with zero attached hydrogens (tertiary/aromatic N) is 3. The first kappa shape index (κ1) is 14.3. The van der Waals surface area contributed by atoms with Crippen LogP contribution in [0.4, 0.5) is 0 Å². The Morgan fingerprint density at radius 2 is 2.15 bits per heavy atom. The van der Waals surface area contributed by atoms with Crippen LogP contribution < -0.4 is 0 Å². The number of aliphatic imine (C=N–C) groups is 2. The highest BCUT2D eigenvalue weighted by Gasteiger charge is 2.01. The van der Waals surface area contributed by atoms with E-state index in [9.17, 15) is 0 Å².